The summed E-state index contributed by atoms with van der Waals surface area (Å²) in [6.45, 7) is 9.86. The van der Waals surface area contributed by atoms with Gasteiger partial charge in [-0.25, -0.2) is 8.42 Å². The molecule has 2 amide bonds. The molecule has 0 unspecified atom stereocenters. The molecule has 0 radical (unpaired) electrons. The van der Waals surface area contributed by atoms with Gasteiger partial charge in [0.1, 0.15) is 12.2 Å². The van der Waals surface area contributed by atoms with E-state index in [1.165, 1.54) is 4.90 Å². The summed E-state index contributed by atoms with van der Waals surface area (Å²) in [7, 11) is -3.87. The van der Waals surface area contributed by atoms with Crippen LogP contribution in [0.25, 0.3) is 10.8 Å². The maximum Gasteiger partial charge on any atom is 0.306 e. The van der Waals surface area contributed by atoms with Crippen LogP contribution in [0, 0.1) is 28.6 Å². The van der Waals surface area contributed by atoms with Gasteiger partial charge in [-0.3, -0.25) is 33.3 Å². The number of ether oxygens (including phenoxy) is 2. The summed E-state index contributed by atoms with van der Waals surface area (Å²) in [5.41, 5.74) is -2.24. The van der Waals surface area contributed by atoms with Gasteiger partial charge in [-0.15, -0.1) is 6.58 Å². The van der Waals surface area contributed by atoms with Gasteiger partial charge >= 0.3 is 5.97 Å². The number of ketones is 1. The maximum absolute atomic E-state index is 14.8. The van der Waals surface area contributed by atoms with E-state index in [0.29, 0.717) is 47.5 Å². The third kappa shape index (κ3) is 8.31. The van der Waals surface area contributed by atoms with Crippen LogP contribution >= 0.6 is 11.6 Å². The van der Waals surface area contributed by atoms with Crippen molar-refractivity contribution < 1.29 is 37.1 Å². The molecule has 1 aromatic carbocycles. The predicted octanol–water partition coefficient (Wildman–Crippen LogP) is 6.10. The lowest BCUT2D eigenvalue weighted by atomic mass is 9.77. The summed E-state index contributed by atoms with van der Waals surface area (Å²) < 4.78 is 42.2. The number of rotatable bonds is 7. The lowest BCUT2D eigenvalue weighted by Gasteiger charge is -2.35. The number of fused-ring (bicyclic) bond motifs is 5. The van der Waals surface area contributed by atoms with E-state index in [1.807, 2.05) is 20.8 Å². The number of allylic oxidation sites excluding steroid dienone is 1. The van der Waals surface area contributed by atoms with Crippen molar-refractivity contribution in [3.63, 3.8) is 0 Å². The van der Waals surface area contributed by atoms with Crippen LogP contribution in [0.1, 0.15) is 104 Å². The first-order valence-corrected chi connectivity index (χ1v) is 22.1. The first kappa shape index (κ1) is 40.5. The van der Waals surface area contributed by atoms with Crippen LogP contribution in [0.4, 0.5) is 0 Å². The molecule has 3 aliphatic carbocycles. The Morgan fingerprint density at radius 2 is 1.77 bits per heavy atom. The monoisotopic (exact) mass is 811 g/mol. The molecular weight excluding hydrogens is 758 g/mol. The minimum Gasteiger partial charge on any atom is -0.473 e. The van der Waals surface area contributed by atoms with Gasteiger partial charge in [0.05, 0.1) is 35.6 Å². The Bertz CT molecular complexity index is 2090. The number of nitrogens with zero attached hydrogens (tertiary/aromatic N) is 2. The quantitative estimate of drug-likeness (QED) is 0.258. The molecule has 5 aliphatic rings. The third-order valence-corrected chi connectivity index (χ3v) is 14.9. The van der Waals surface area contributed by atoms with Crippen LogP contribution in [0.2, 0.25) is 5.02 Å². The summed E-state index contributed by atoms with van der Waals surface area (Å²) in [6, 6.07) is 5.82. The van der Waals surface area contributed by atoms with Crippen LogP contribution in [-0.2, 0) is 40.5 Å². The van der Waals surface area contributed by atoms with Gasteiger partial charge in [-0.2, -0.15) is 0 Å². The molecule has 1 aromatic heterocycles. The zero-order chi connectivity index (χ0) is 40.2. The molecule has 2 aliphatic heterocycles. The van der Waals surface area contributed by atoms with E-state index in [0.717, 1.165) is 38.5 Å². The number of pyridine rings is 1. The number of hydrogen-bond donors (Lipinski definition) is 1. The summed E-state index contributed by atoms with van der Waals surface area (Å²) >= 11 is 6.34. The number of benzene rings is 1. The van der Waals surface area contributed by atoms with Gasteiger partial charge in [0.25, 0.3) is 5.56 Å². The second-order valence-corrected chi connectivity index (χ2v) is 20.3. The van der Waals surface area contributed by atoms with E-state index in [9.17, 15) is 32.4 Å². The minimum atomic E-state index is -3.87. The Kier molecular flexibility index (Phi) is 11.3. The van der Waals surface area contributed by atoms with Gasteiger partial charge in [0.15, 0.2) is 11.7 Å². The molecule has 4 fully saturated rings. The molecule has 2 bridgehead atoms. The van der Waals surface area contributed by atoms with E-state index in [-0.39, 0.29) is 49.8 Å². The summed E-state index contributed by atoms with van der Waals surface area (Å²) in [6.07, 6.45) is 7.48. The fourth-order valence-electron chi connectivity index (χ4n) is 9.21. The Hall–Kier alpha value is -3.71. The standard InChI is InChI=1S/C42H54ClN3O9S/c1-5-27-22-42(27,40(51)44-56(52,53)30-14-15-30)23-34(47)33-20-29-24-46(33)39(50)32(41(2,3)4)21-37(48)55-35-12-9-11-25(35)10-7-6-8-17-45-36(54-29)19-26-18-28(43)13-16-31(26)38(45)49/h5,13,16,18-19,25,27,29-30,32-33,35H,1,6-12,14-15,17,20-24H2,2-4H3,(H,44,51)/t25-,27+,29-,32-,33+,35-,42-/m1/s1. The van der Waals surface area contributed by atoms with Crippen LogP contribution in [-0.4, -0.2) is 71.5 Å². The average Bonchev–Trinajstić information content (AvgIpc) is 4.02. The Morgan fingerprint density at radius 1 is 1.02 bits per heavy atom. The highest BCUT2D eigenvalue weighted by Crippen LogP contribution is 2.57. The second-order valence-electron chi connectivity index (χ2n) is 17.9. The van der Waals surface area contributed by atoms with Crippen molar-refractivity contribution in [2.45, 2.75) is 134 Å². The number of sulfonamides is 1. The normalized spacial score (nSPS) is 30.3. The molecule has 3 heterocycles. The first-order chi connectivity index (χ1) is 26.5. The number of esters is 1. The number of carbonyl (C=O) groups excluding carboxylic acids is 4. The summed E-state index contributed by atoms with van der Waals surface area (Å²) in [5.74, 6) is -2.73. The van der Waals surface area contributed by atoms with Crippen molar-refractivity contribution in [2.24, 2.45) is 28.6 Å². The summed E-state index contributed by atoms with van der Waals surface area (Å²) in [5, 5.41) is 0.940. The van der Waals surface area contributed by atoms with E-state index in [2.05, 4.69) is 11.3 Å². The van der Waals surface area contributed by atoms with Crippen LogP contribution < -0.4 is 15.0 Å². The third-order valence-electron chi connectivity index (χ3n) is 12.8. The van der Waals surface area contributed by atoms with E-state index in [4.69, 9.17) is 21.1 Å². The molecule has 7 rings (SSSR count). The SMILES string of the molecule is C=C[C@H]1C[C@]1(CC(=O)[C@@H]1C[C@@H]2CN1C(=O)[C@H](C(C)(C)C)CC(=O)O[C@@H]1CCC[C@H]1CCCCCn1c(cc3cc(Cl)ccc3c1=O)O2)C(=O)NS(=O)(=O)C1CC1. The van der Waals surface area contributed by atoms with E-state index >= 15 is 0 Å². The zero-order valence-corrected chi connectivity index (χ0v) is 34.2. The molecule has 0 spiro atoms. The highest BCUT2D eigenvalue weighted by Gasteiger charge is 2.61. The molecule has 1 saturated heterocycles. The predicted molar refractivity (Wildman–Crippen MR) is 211 cm³/mol. The van der Waals surface area contributed by atoms with Gasteiger partial charge in [-0.05, 0) is 92.2 Å². The topological polar surface area (TPSA) is 158 Å². The Labute approximate surface area is 333 Å². The molecule has 1 N–H and O–H groups in total. The van der Waals surface area contributed by atoms with Crippen molar-refractivity contribution in [1.82, 2.24) is 14.2 Å². The number of carbonyl (C=O) groups is 4. The molecule has 7 atom stereocenters. The minimum absolute atomic E-state index is 0.0104. The highest BCUT2D eigenvalue weighted by atomic mass is 35.5. The number of Topliss-reactive ketones (excluding diaryl/α,β-unsaturated/α-hetero) is 1. The lowest BCUT2D eigenvalue weighted by Crippen LogP contribution is -2.48. The van der Waals surface area contributed by atoms with Gasteiger partial charge < -0.3 is 14.4 Å². The van der Waals surface area contributed by atoms with E-state index in [1.54, 1.807) is 34.9 Å². The fourth-order valence-corrected chi connectivity index (χ4v) is 10.8. The van der Waals surface area contributed by atoms with Crippen LogP contribution in [0.15, 0.2) is 41.7 Å². The number of aromatic nitrogens is 1. The molecule has 2 aromatic rings. The molecule has 14 heteroatoms. The molecule has 56 heavy (non-hydrogen) atoms. The van der Waals surface area contributed by atoms with Crippen molar-refractivity contribution in [1.29, 1.82) is 0 Å². The maximum atomic E-state index is 14.8. The lowest BCUT2D eigenvalue weighted by molar-refractivity contribution is -0.158. The number of amides is 2. The largest absolute Gasteiger partial charge is 0.473 e. The first-order valence-electron chi connectivity index (χ1n) is 20.2. The number of hydrogen-bond acceptors (Lipinski definition) is 9. The molecular formula is C42H54ClN3O9S. The zero-order valence-electron chi connectivity index (χ0n) is 32.6. The van der Waals surface area contributed by atoms with Crippen LogP contribution in [0.3, 0.4) is 0 Å². The molecule has 3 saturated carbocycles. The Morgan fingerprint density at radius 3 is 2.46 bits per heavy atom. The van der Waals surface area contributed by atoms with Gasteiger partial charge in [0.2, 0.25) is 21.8 Å². The number of halogens is 1. The van der Waals surface area contributed by atoms with Crippen molar-refractivity contribution in [3.8, 4) is 5.88 Å². The van der Waals surface area contributed by atoms with Crippen molar-refractivity contribution in [3.05, 3.63) is 52.3 Å². The molecule has 12 nitrogen and oxygen atoms in total. The fraction of sp³-hybridized carbons (Fsp3) is 0.643. The second kappa shape index (κ2) is 15.6. The Balaban J connectivity index is 1.24. The number of nitrogens with one attached hydrogen (secondary N) is 1. The van der Waals surface area contributed by atoms with Gasteiger partial charge in [-0.1, -0.05) is 51.3 Å². The average molecular weight is 812 g/mol. The van der Waals surface area contributed by atoms with Crippen molar-refractivity contribution in [2.75, 3.05) is 6.54 Å². The van der Waals surface area contributed by atoms with Crippen molar-refractivity contribution >= 4 is 56.0 Å². The van der Waals surface area contributed by atoms with Gasteiger partial charge in [0, 0.05) is 35.9 Å². The summed E-state index contributed by atoms with van der Waals surface area (Å²) in [4.78, 5) is 72.1. The van der Waals surface area contributed by atoms with E-state index < -0.39 is 73.7 Å². The van der Waals surface area contributed by atoms with Crippen LogP contribution in [0.5, 0.6) is 5.88 Å². The smallest absolute Gasteiger partial charge is 0.306 e. The molecule has 304 valence electrons. The highest BCUT2D eigenvalue weighted by molar-refractivity contribution is 7.90.